The SMILES string of the molecule is CCOP(=O)(CCN(Cc1cccc(F)c1)C(C)=O)OCC. The van der Waals surface area contributed by atoms with Gasteiger partial charge in [-0.15, -0.1) is 0 Å². The van der Waals surface area contributed by atoms with E-state index in [0.29, 0.717) is 5.56 Å². The van der Waals surface area contributed by atoms with Gasteiger partial charge in [0.2, 0.25) is 5.91 Å². The zero-order valence-corrected chi connectivity index (χ0v) is 14.1. The number of hydrogen-bond donors (Lipinski definition) is 0. The van der Waals surface area contributed by atoms with Gasteiger partial charge < -0.3 is 13.9 Å². The number of carbonyl (C=O) groups is 1. The Morgan fingerprint density at radius 2 is 1.91 bits per heavy atom. The molecule has 1 amide bonds. The van der Waals surface area contributed by atoms with Gasteiger partial charge in [-0.25, -0.2) is 4.39 Å². The van der Waals surface area contributed by atoms with E-state index in [1.807, 2.05) is 0 Å². The first kappa shape index (κ1) is 18.8. The zero-order valence-electron chi connectivity index (χ0n) is 13.3. The van der Waals surface area contributed by atoms with Crippen molar-refractivity contribution in [3.63, 3.8) is 0 Å². The Labute approximate surface area is 130 Å². The second-order valence-corrected chi connectivity index (χ2v) is 6.93. The highest BCUT2D eigenvalue weighted by molar-refractivity contribution is 7.53. The van der Waals surface area contributed by atoms with Gasteiger partial charge >= 0.3 is 7.60 Å². The van der Waals surface area contributed by atoms with Gasteiger partial charge in [-0.05, 0) is 31.5 Å². The van der Waals surface area contributed by atoms with Crippen LogP contribution in [0.25, 0.3) is 0 Å². The summed E-state index contributed by atoms with van der Waals surface area (Å²) in [4.78, 5) is 13.2. The average molecular weight is 331 g/mol. The summed E-state index contributed by atoms with van der Waals surface area (Å²) in [5, 5.41) is 0. The van der Waals surface area contributed by atoms with Crippen LogP contribution in [0.4, 0.5) is 4.39 Å². The van der Waals surface area contributed by atoms with Crippen molar-refractivity contribution in [2.24, 2.45) is 0 Å². The first-order valence-electron chi connectivity index (χ1n) is 7.28. The predicted octanol–water partition coefficient (Wildman–Crippen LogP) is 3.44. The smallest absolute Gasteiger partial charge is 0.332 e. The summed E-state index contributed by atoms with van der Waals surface area (Å²) in [6.45, 7) is 5.94. The number of amides is 1. The van der Waals surface area contributed by atoms with Crippen molar-refractivity contribution < 1.29 is 22.8 Å². The monoisotopic (exact) mass is 331 g/mol. The maximum Gasteiger partial charge on any atom is 0.332 e. The van der Waals surface area contributed by atoms with E-state index in [1.54, 1.807) is 26.0 Å². The van der Waals surface area contributed by atoms with Crippen LogP contribution in [0, 0.1) is 5.82 Å². The van der Waals surface area contributed by atoms with Crippen molar-refractivity contribution in [3.8, 4) is 0 Å². The minimum Gasteiger partial charge on any atom is -0.338 e. The molecule has 124 valence electrons. The van der Waals surface area contributed by atoms with Crippen molar-refractivity contribution >= 4 is 13.5 Å². The van der Waals surface area contributed by atoms with Gasteiger partial charge in [-0.3, -0.25) is 9.36 Å². The first-order chi connectivity index (χ1) is 10.4. The standard InChI is InChI=1S/C15H23FNO4P/c1-4-20-22(19,21-5-2)10-9-17(13(3)18)12-14-7-6-8-15(16)11-14/h6-8,11H,4-5,9-10,12H2,1-3H3. The lowest BCUT2D eigenvalue weighted by molar-refractivity contribution is -0.129. The summed E-state index contributed by atoms with van der Waals surface area (Å²) in [5.74, 6) is -0.529. The Morgan fingerprint density at radius 3 is 2.41 bits per heavy atom. The van der Waals surface area contributed by atoms with Crippen LogP contribution < -0.4 is 0 Å². The van der Waals surface area contributed by atoms with E-state index in [9.17, 15) is 13.8 Å². The van der Waals surface area contributed by atoms with Gasteiger partial charge in [0.1, 0.15) is 5.82 Å². The van der Waals surface area contributed by atoms with E-state index in [-0.39, 0.29) is 44.2 Å². The maximum absolute atomic E-state index is 13.2. The van der Waals surface area contributed by atoms with Crippen LogP contribution in [0.2, 0.25) is 0 Å². The van der Waals surface area contributed by atoms with Crippen molar-refractivity contribution in [1.29, 1.82) is 0 Å². The average Bonchev–Trinajstić information content (AvgIpc) is 2.44. The fourth-order valence-corrected chi connectivity index (χ4v) is 3.61. The molecule has 0 aliphatic carbocycles. The molecule has 22 heavy (non-hydrogen) atoms. The van der Waals surface area contributed by atoms with Crippen molar-refractivity contribution in [2.75, 3.05) is 25.9 Å². The second kappa shape index (κ2) is 9.03. The van der Waals surface area contributed by atoms with E-state index in [0.717, 1.165) is 0 Å². The molecule has 0 N–H and O–H groups in total. The molecule has 1 rings (SSSR count). The summed E-state index contributed by atoms with van der Waals surface area (Å²) in [5.41, 5.74) is 0.679. The molecule has 0 atom stereocenters. The fourth-order valence-electron chi connectivity index (χ4n) is 2.01. The molecule has 0 fully saturated rings. The van der Waals surface area contributed by atoms with Crippen LogP contribution in [0.15, 0.2) is 24.3 Å². The molecular formula is C15H23FNO4P. The molecule has 0 aliphatic heterocycles. The van der Waals surface area contributed by atoms with E-state index in [2.05, 4.69) is 0 Å². The van der Waals surface area contributed by atoms with Gasteiger partial charge in [0.15, 0.2) is 0 Å². The first-order valence-corrected chi connectivity index (χ1v) is 9.01. The van der Waals surface area contributed by atoms with E-state index in [4.69, 9.17) is 9.05 Å². The molecule has 0 radical (unpaired) electrons. The van der Waals surface area contributed by atoms with E-state index in [1.165, 1.54) is 24.0 Å². The fraction of sp³-hybridized carbons (Fsp3) is 0.533. The maximum atomic E-state index is 13.2. The topological polar surface area (TPSA) is 55.8 Å². The second-order valence-electron chi connectivity index (χ2n) is 4.74. The molecule has 0 unspecified atom stereocenters. The van der Waals surface area contributed by atoms with E-state index >= 15 is 0 Å². The normalized spacial score (nSPS) is 11.5. The van der Waals surface area contributed by atoms with Crippen molar-refractivity contribution in [1.82, 2.24) is 4.90 Å². The number of hydrogen-bond acceptors (Lipinski definition) is 4. The predicted molar refractivity (Wildman–Crippen MR) is 83.2 cm³/mol. The minimum atomic E-state index is -3.20. The molecule has 0 spiro atoms. The van der Waals surface area contributed by atoms with Crippen LogP contribution >= 0.6 is 7.60 Å². The molecule has 1 aromatic rings. The molecule has 0 saturated heterocycles. The summed E-state index contributed by atoms with van der Waals surface area (Å²) >= 11 is 0. The third kappa shape index (κ3) is 6.26. The van der Waals surface area contributed by atoms with Crippen LogP contribution in [0.5, 0.6) is 0 Å². The highest BCUT2D eigenvalue weighted by Crippen LogP contribution is 2.47. The van der Waals surface area contributed by atoms with Gasteiger partial charge in [0.05, 0.1) is 19.4 Å². The molecular weight excluding hydrogens is 308 g/mol. The van der Waals surface area contributed by atoms with Crippen molar-refractivity contribution in [2.45, 2.75) is 27.3 Å². The highest BCUT2D eigenvalue weighted by Gasteiger charge is 2.25. The molecule has 0 heterocycles. The third-order valence-corrected chi connectivity index (χ3v) is 5.05. The number of halogens is 1. The Bertz CT molecular complexity index is 528. The highest BCUT2D eigenvalue weighted by atomic mass is 31.2. The van der Waals surface area contributed by atoms with Gasteiger partial charge in [0, 0.05) is 20.0 Å². The molecule has 0 bridgehead atoms. The van der Waals surface area contributed by atoms with Crippen molar-refractivity contribution in [3.05, 3.63) is 35.6 Å². The molecule has 1 aromatic carbocycles. The third-order valence-electron chi connectivity index (χ3n) is 3.00. The molecule has 5 nitrogen and oxygen atoms in total. The lowest BCUT2D eigenvalue weighted by Crippen LogP contribution is -2.31. The summed E-state index contributed by atoms with van der Waals surface area (Å²) in [7, 11) is -3.20. The number of carbonyl (C=O) groups excluding carboxylic acids is 1. The lowest BCUT2D eigenvalue weighted by Gasteiger charge is -2.24. The van der Waals surface area contributed by atoms with Crippen LogP contribution in [0.3, 0.4) is 0 Å². The Hall–Kier alpha value is -1.23. The van der Waals surface area contributed by atoms with Gasteiger partial charge in [0.25, 0.3) is 0 Å². The largest absolute Gasteiger partial charge is 0.338 e. The summed E-state index contributed by atoms with van der Waals surface area (Å²) < 4.78 is 36.0. The van der Waals surface area contributed by atoms with Crippen LogP contribution in [0.1, 0.15) is 26.3 Å². The Kier molecular flexibility index (Phi) is 7.73. The number of benzene rings is 1. The van der Waals surface area contributed by atoms with Crippen LogP contribution in [-0.2, 0) is 25.0 Å². The summed E-state index contributed by atoms with van der Waals surface area (Å²) in [6, 6.07) is 6.05. The van der Waals surface area contributed by atoms with Crippen LogP contribution in [-0.4, -0.2) is 36.7 Å². The molecule has 7 heteroatoms. The zero-order chi connectivity index (χ0) is 16.6. The number of rotatable bonds is 9. The van der Waals surface area contributed by atoms with Gasteiger partial charge in [-0.1, -0.05) is 12.1 Å². The molecule has 0 saturated carbocycles. The summed E-state index contributed by atoms with van der Waals surface area (Å²) in [6.07, 6.45) is 0.115. The quantitative estimate of drug-likeness (QED) is 0.651. The Morgan fingerprint density at radius 1 is 1.27 bits per heavy atom. The molecule has 0 aliphatic rings. The molecule has 0 aromatic heterocycles. The minimum absolute atomic E-state index is 0.115. The lowest BCUT2D eigenvalue weighted by atomic mass is 10.2. The van der Waals surface area contributed by atoms with E-state index < -0.39 is 7.60 Å². The Balaban J connectivity index is 2.72. The van der Waals surface area contributed by atoms with Gasteiger partial charge in [-0.2, -0.15) is 0 Å². The number of nitrogens with zero attached hydrogens (tertiary/aromatic N) is 1.